The predicted molar refractivity (Wildman–Crippen MR) is 82.3 cm³/mol. The van der Waals surface area contributed by atoms with E-state index in [9.17, 15) is 4.79 Å². The summed E-state index contributed by atoms with van der Waals surface area (Å²) in [4.78, 5) is 11.6. The largest absolute Gasteiger partial charge is 0.381 e. The minimum Gasteiger partial charge on any atom is -0.381 e. The molecule has 6 heteroatoms. The van der Waals surface area contributed by atoms with Gasteiger partial charge in [0.1, 0.15) is 0 Å². The van der Waals surface area contributed by atoms with Crippen molar-refractivity contribution in [3.05, 3.63) is 0 Å². The zero-order valence-corrected chi connectivity index (χ0v) is 13.5. The van der Waals surface area contributed by atoms with E-state index in [1.165, 1.54) is 0 Å². The van der Waals surface area contributed by atoms with E-state index in [4.69, 9.17) is 9.47 Å². The molecule has 2 N–H and O–H groups in total. The highest BCUT2D eigenvalue weighted by molar-refractivity contribution is 5.85. The lowest BCUT2D eigenvalue weighted by molar-refractivity contribution is -0.124. The maximum absolute atomic E-state index is 11.6. The van der Waals surface area contributed by atoms with Crippen LogP contribution in [0.25, 0.3) is 0 Å². The number of rotatable bonds is 9. The second-order valence-corrected chi connectivity index (χ2v) is 5.23. The molecule has 20 heavy (non-hydrogen) atoms. The Hall–Kier alpha value is -0.360. The molecule has 0 aromatic rings. The highest BCUT2D eigenvalue weighted by atomic mass is 35.5. The van der Waals surface area contributed by atoms with Crippen molar-refractivity contribution in [2.24, 2.45) is 11.8 Å². The van der Waals surface area contributed by atoms with Gasteiger partial charge in [0.25, 0.3) is 0 Å². The highest BCUT2D eigenvalue weighted by Crippen LogP contribution is 2.14. The lowest BCUT2D eigenvalue weighted by Crippen LogP contribution is -2.35. The summed E-state index contributed by atoms with van der Waals surface area (Å²) in [5.74, 6) is 0.783. The number of hydrogen-bond donors (Lipinski definition) is 2. The SMILES string of the molecule is CNCC(C)C(=O)NCCCOCC1CCOCC1.Cl. The summed E-state index contributed by atoms with van der Waals surface area (Å²) in [6.07, 6.45) is 3.10. The molecule has 1 saturated heterocycles. The number of hydrogen-bond acceptors (Lipinski definition) is 4. The Balaban J connectivity index is 0.00000361. The minimum absolute atomic E-state index is 0. The molecule has 1 aliphatic heterocycles. The zero-order valence-electron chi connectivity index (χ0n) is 12.7. The lowest BCUT2D eigenvalue weighted by Gasteiger charge is -2.21. The van der Waals surface area contributed by atoms with Crippen molar-refractivity contribution in [2.75, 3.05) is 46.6 Å². The molecule has 1 rings (SSSR count). The second kappa shape index (κ2) is 12.4. The topological polar surface area (TPSA) is 59.6 Å². The molecule has 1 fully saturated rings. The van der Waals surface area contributed by atoms with Gasteiger partial charge in [0.15, 0.2) is 0 Å². The molecule has 1 atom stereocenters. The average Bonchev–Trinajstić information content (AvgIpc) is 2.43. The van der Waals surface area contributed by atoms with Gasteiger partial charge in [-0.15, -0.1) is 12.4 Å². The van der Waals surface area contributed by atoms with Crippen molar-refractivity contribution >= 4 is 18.3 Å². The van der Waals surface area contributed by atoms with Gasteiger partial charge in [-0.05, 0) is 32.2 Å². The number of nitrogens with one attached hydrogen (secondary N) is 2. The van der Waals surface area contributed by atoms with Crippen LogP contribution in [0.1, 0.15) is 26.2 Å². The van der Waals surface area contributed by atoms with Gasteiger partial charge in [-0.25, -0.2) is 0 Å². The van der Waals surface area contributed by atoms with Gasteiger partial charge < -0.3 is 20.1 Å². The molecular formula is C14H29ClN2O3. The van der Waals surface area contributed by atoms with Gasteiger partial charge in [0.2, 0.25) is 5.91 Å². The highest BCUT2D eigenvalue weighted by Gasteiger charge is 2.13. The number of halogens is 1. The van der Waals surface area contributed by atoms with Crippen LogP contribution in [0.3, 0.4) is 0 Å². The van der Waals surface area contributed by atoms with Crippen molar-refractivity contribution in [2.45, 2.75) is 26.2 Å². The number of carbonyl (C=O) groups is 1. The molecule has 0 saturated carbocycles. The summed E-state index contributed by atoms with van der Waals surface area (Å²) in [5.41, 5.74) is 0. The maximum atomic E-state index is 11.6. The minimum atomic E-state index is 0. The molecule has 1 aliphatic rings. The smallest absolute Gasteiger partial charge is 0.224 e. The molecule has 1 unspecified atom stereocenters. The molecule has 0 aliphatic carbocycles. The van der Waals surface area contributed by atoms with Gasteiger partial charge >= 0.3 is 0 Å². The normalized spacial score (nSPS) is 17.3. The van der Waals surface area contributed by atoms with Crippen molar-refractivity contribution < 1.29 is 14.3 Å². The quantitative estimate of drug-likeness (QED) is 0.629. The van der Waals surface area contributed by atoms with Crippen LogP contribution in [0.4, 0.5) is 0 Å². The summed E-state index contributed by atoms with van der Waals surface area (Å²) < 4.78 is 10.9. The van der Waals surface area contributed by atoms with Crippen molar-refractivity contribution in [3.8, 4) is 0 Å². The molecular weight excluding hydrogens is 280 g/mol. The molecule has 0 aromatic carbocycles. The first-order valence-corrected chi connectivity index (χ1v) is 7.31. The molecule has 120 valence electrons. The third kappa shape index (κ3) is 8.74. The van der Waals surface area contributed by atoms with E-state index in [0.717, 1.165) is 45.7 Å². The van der Waals surface area contributed by atoms with E-state index in [2.05, 4.69) is 10.6 Å². The summed E-state index contributed by atoms with van der Waals surface area (Å²) in [6, 6.07) is 0. The number of ether oxygens (including phenoxy) is 2. The molecule has 5 nitrogen and oxygen atoms in total. The Morgan fingerprint density at radius 1 is 1.40 bits per heavy atom. The van der Waals surface area contributed by atoms with Crippen LogP contribution in [0, 0.1) is 11.8 Å². The monoisotopic (exact) mass is 308 g/mol. The van der Waals surface area contributed by atoms with Crippen LogP contribution in [-0.2, 0) is 14.3 Å². The van der Waals surface area contributed by atoms with Gasteiger partial charge in [-0.2, -0.15) is 0 Å². The number of carbonyl (C=O) groups excluding carboxylic acids is 1. The first-order valence-electron chi connectivity index (χ1n) is 7.31. The average molecular weight is 309 g/mol. The van der Waals surface area contributed by atoms with E-state index in [-0.39, 0.29) is 24.2 Å². The van der Waals surface area contributed by atoms with Crippen LogP contribution in [0.15, 0.2) is 0 Å². The van der Waals surface area contributed by atoms with E-state index in [1.54, 1.807) is 0 Å². The Morgan fingerprint density at radius 2 is 2.10 bits per heavy atom. The van der Waals surface area contributed by atoms with E-state index in [1.807, 2.05) is 14.0 Å². The van der Waals surface area contributed by atoms with Crippen LogP contribution in [0.5, 0.6) is 0 Å². The van der Waals surface area contributed by atoms with Crippen LogP contribution >= 0.6 is 12.4 Å². The molecule has 0 bridgehead atoms. The van der Waals surface area contributed by atoms with Crippen molar-refractivity contribution in [1.82, 2.24) is 10.6 Å². The van der Waals surface area contributed by atoms with E-state index < -0.39 is 0 Å². The van der Waals surface area contributed by atoms with E-state index in [0.29, 0.717) is 19.0 Å². The fraction of sp³-hybridized carbons (Fsp3) is 0.929. The van der Waals surface area contributed by atoms with Crippen LogP contribution in [-0.4, -0.2) is 52.5 Å². The summed E-state index contributed by atoms with van der Waals surface area (Å²) in [6.45, 7) is 6.62. The zero-order chi connectivity index (χ0) is 13.9. The molecule has 1 heterocycles. The molecule has 0 radical (unpaired) electrons. The summed E-state index contributed by atoms with van der Waals surface area (Å²) in [5, 5.41) is 5.93. The summed E-state index contributed by atoms with van der Waals surface area (Å²) >= 11 is 0. The Bertz CT molecular complexity index is 249. The fourth-order valence-corrected chi connectivity index (χ4v) is 2.12. The Kier molecular flexibility index (Phi) is 12.2. The third-order valence-corrected chi connectivity index (χ3v) is 3.42. The Morgan fingerprint density at radius 3 is 2.75 bits per heavy atom. The Labute approximate surface area is 128 Å². The molecule has 0 aromatic heterocycles. The maximum Gasteiger partial charge on any atom is 0.224 e. The van der Waals surface area contributed by atoms with Gasteiger partial charge in [-0.1, -0.05) is 6.92 Å². The van der Waals surface area contributed by atoms with Gasteiger partial charge in [0.05, 0.1) is 0 Å². The van der Waals surface area contributed by atoms with Crippen molar-refractivity contribution in [3.63, 3.8) is 0 Å². The fourth-order valence-electron chi connectivity index (χ4n) is 2.12. The first kappa shape index (κ1) is 19.6. The lowest BCUT2D eigenvalue weighted by atomic mass is 10.0. The summed E-state index contributed by atoms with van der Waals surface area (Å²) in [7, 11) is 1.86. The standard InChI is InChI=1S/C14H28N2O3.ClH/c1-12(10-15-2)14(17)16-6-3-7-19-11-13-4-8-18-9-5-13;/h12-13,15H,3-11H2,1-2H3,(H,16,17);1H. The predicted octanol–water partition coefficient (Wildman–Crippen LogP) is 1.21. The van der Waals surface area contributed by atoms with Gasteiger partial charge in [0, 0.05) is 45.4 Å². The van der Waals surface area contributed by atoms with Crippen molar-refractivity contribution in [1.29, 1.82) is 0 Å². The van der Waals surface area contributed by atoms with Crippen LogP contribution < -0.4 is 10.6 Å². The molecule has 0 spiro atoms. The first-order chi connectivity index (χ1) is 9.24. The van der Waals surface area contributed by atoms with E-state index >= 15 is 0 Å². The third-order valence-electron chi connectivity index (χ3n) is 3.42. The number of amides is 1. The van der Waals surface area contributed by atoms with Gasteiger partial charge in [-0.3, -0.25) is 4.79 Å². The van der Waals surface area contributed by atoms with Crippen LogP contribution in [0.2, 0.25) is 0 Å². The second-order valence-electron chi connectivity index (χ2n) is 5.23. The molecule has 1 amide bonds.